The van der Waals surface area contributed by atoms with Crippen molar-refractivity contribution in [3.8, 4) is 0 Å². The normalized spacial score (nSPS) is 16.2. The van der Waals surface area contributed by atoms with Crippen molar-refractivity contribution in [3.63, 3.8) is 0 Å². The van der Waals surface area contributed by atoms with Crippen LogP contribution in [0.15, 0.2) is 78.9 Å². The maximum absolute atomic E-state index is 12.6. The average Bonchev–Trinajstić information content (AvgIpc) is 3.11. The lowest BCUT2D eigenvalue weighted by atomic mass is 10.1. The molecule has 1 fully saturated rings. The van der Waals surface area contributed by atoms with Gasteiger partial charge in [0.2, 0.25) is 5.91 Å². The summed E-state index contributed by atoms with van der Waals surface area (Å²) in [7, 11) is 0. The van der Waals surface area contributed by atoms with Crippen molar-refractivity contribution in [3.05, 3.63) is 95.6 Å². The highest BCUT2D eigenvalue weighted by molar-refractivity contribution is 8.00. The zero-order chi connectivity index (χ0) is 19.5. The summed E-state index contributed by atoms with van der Waals surface area (Å²) in [5, 5.41) is 2.83. The van der Waals surface area contributed by atoms with E-state index < -0.39 is 0 Å². The fourth-order valence-corrected chi connectivity index (χ4v) is 4.46. The van der Waals surface area contributed by atoms with E-state index in [4.69, 9.17) is 0 Å². The van der Waals surface area contributed by atoms with E-state index in [2.05, 4.69) is 5.32 Å². The second-order valence-electron chi connectivity index (χ2n) is 6.67. The highest BCUT2D eigenvalue weighted by Gasteiger charge is 2.35. The molecule has 0 bridgehead atoms. The van der Waals surface area contributed by atoms with Crippen LogP contribution in [0.4, 0.5) is 11.4 Å². The average molecular weight is 388 g/mol. The molecule has 4 nitrogen and oxygen atoms in total. The summed E-state index contributed by atoms with van der Waals surface area (Å²) in [6.07, 6.45) is 0. The summed E-state index contributed by atoms with van der Waals surface area (Å²) in [6.45, 7) is 2.02. The van der Waals surface area contributed by atoms with Crippen LogP contribution in [0.5, 0.6) is 0 Å². The minimum absolute atomic E-state index is 0.0723. The Morgan fingerprint density at radius 3 is 2.39 bits per heavy atom. The van der Waals surface area contributed by atoms with Crippen molar-refractivity contribution in [2.24, 2.45) is 0 Å². The van der Waals surface area contributed by atoms with Crippen LogP contribution in [0, 0.1) is 6.92 Å². The Balaban J connectivity index is 1.66. The van der Waals surface area contributed by atoms with Gasteiger partial charge in [-0.05, 0) is 37.3 Å². The zero-order valence-electron chi connectivity index (χ0n) is 15.5. The van der Waals surface area contributed by atoms with Crippen LogP contribution in [0.25, 0.3) is 0 Å². The Morgan fingerprint density at radius 1 is 0.964 bits per heavy atom. The van der Waals surface area contributed by atoms with Crippen LogP contribution < -0.4 is 10.2 Å². The molecule has 1 saturated heterocycles. The molecule has 5 heteroatoms. The smallest absolute Gasteiger partial charge is 0.255 e. The van der Waals surface area contributed by atoms with Gasteiger partial charge < -0.3 is 5.32 Å². The van der Waals surface area contributed by atoms with Gasteiger partial charge in [-0.3, -0.25) is 14.5 Å². The quantitative estimate of drug-likeness (QED) is 0.682. The summed E-state index contributed by atoms with van der Waals surface area (Å²) in [4.78, 5) is 27.1. The first-order valence-electron chi connectivity index (χ1n) is 9.09. The standard InChI is InChI=1S/C23H20N2O2S/c1-16-11-13-18(14-12-16)25-21(26)15-28-23(25)19-9-5-6-10-20(19)24-22(27)17-7-3-2-4-8-17/h2-14,23H,15H2,1H3,(H,24,27)/t23-/m0/s1. The van der Waals surface area contributed by atoms with Gasteiger partial charge in [0.25, 0.3) is 5.91 Å². The van der Waals surface area contributed by atoms with Gasteiger partial charge in [-0.1, -0.05) is 54.1 Å². The van der Waals surface area contributed by atoms with Crippen LogP contribution in [-0.2, 0) is 4.79 Å². The second-order valence-corrected chi connectivity index (χ2v) is 7.74. The predicted octanol–water partition coefficient (Wildman–Crippen LogP) is 5.03. The first kappa shape index (κ1) is 18.3. The zero-order valence-corrected chi connectivity index (χ0v) is 16.3. The fourth-order valence-electron chi connectivity index (χ4n) is 3.25. The summed E-state index contributed by atoms with van der Waals surface area (Å²) >= 11 is 1.57. The van der Waals surface area contributed by atoms with Gasteiger partial charge in [0, 0.05) is 22.5 Å². The van der Waals surface area contributed by atoms with E-state index in [9.17, 15) is 9.59 Å². The van der Waals surface area contributed by atoms with Gasteiger partial charge in [0.15, 0.2) is 0 Å². The van der Waals surface area contributed by atoms with Crippen molar-refractivity contribution < 1.29 is 9.59 Å². The summed E-state index contributed by atoms with van der Waals surface area (Å²) in [5.74, 6) is 0.326. The Kier molecular flexibility index (Phi) is 5.17. The number of rotatable bonds is 4. The first-order valence-corrected chi connectivity index (χ1v) is 10.1. The third-order valence-corrected chi connectivity index (χ3v) is 5.89. The number of thioether (sulfide) groups is 1. The molecule has 0 aromatic heterocycles. The number of amides is 2. The van der Waals surface area contributed by atoms with E-state index in [1.165, 1.54) is 0 Å². The molecule has 0 aliphatic carbocycles. The van der Waals surface area contributed by atoms with Gasteiger partial charge >= 0.3 is 0 Å². The van der Waals surface area contributed by atoms with Crippen LogP contribution >= 0.6 is 11.8 Å². The minimum atomic E-state index is -0.178. The van der Waals surface area contributed by atoms with Crippen LogP contribution in [-0.4, -0.2) is 17.6 Å². The van der Waals surface area contributed by atoms with Crippen molar-refractivity contribution in [2.45, 2.75) is 12.3 Å². The minimum Gasteiger partial charge on any atom is -0.322 e. The molecule has 1 atom stereocenters. The number of benzene rings is 3. The van der Waals surface area contributed by atoms with Gasteiger partial charge in [-0.25, -0.2) is 0 Å². The van der Waals surface area contributed by atoms with E-state index in [1.807, 2.05) is 78.6 Å². The lowest BCUT2D eigenvalue weighted by molar-refractivity contribution is -0.115. The highest BCUT2D eigenvalue weighted by atomic mass is 32.2. The molecule has 0 unspecified atom stereocenters. The largest absolute Gasteiger partial charge is 0.322 e. The highest BCUT2D eigenvalue weighted by Crippen LogP contribution is 2.44. The Morgan fingerprint density at radius 2 is 1.64 bits per heavy atom. The summed E-state index contributed by atoms with van der Waals surface area (Å²) in [6, 6.07) is 24.7. The second kappa shape index (κ2) is 7.90. The van der Waals surface area contributed by atoms with E-state index in [1.54, 1.807) is 23.9 Å². The van der Waals surface area contributed by atoms with Gasteiger partial charge in [0.05, 0.1) is 5.75 Å². The molecule has 3 aromatic carbocycles. The molecule has 1 aliphatic rings. The summed E-state index contributed by atoms with van der Waals surface area (Å²) < 4.78 is 0. The van der Waals surface area contributed by atoms with Crippen molar-refractivity contribution in [2.75, 3.05) is 16.0 Å². The Hall–Kier alpha value is -3.05. The number of nitrogens with one attached hydrogen (secondary N) is 1. The number of carbonyl (C=O) groups excluding carboxylic acids is 2. The van der Waals surface area contributed by atoms with E-state index in [0.29, 0.717) is 11.3 Å². The molecule has 0 spiro atoms. The fraction of sp³-hybridized carbons (Fsp3) is 0.130. The molecule has 2 amide bonds. The molecule has 140 valence electrons. The van der Waals surface area contributed by atoms with Crippen molar-refractivity contribution in [1.29, 1.82) is 0 Å². The van der Waals surface area contributed by atoms with Crippen molar-refractivity contribution >= 4 is 35.0 Å². The van der Waals surface area contributed by atoms with Crippen LogP contribution in [0.2, 0.25) is 0 Å². The number of anilines is 2. The predicted molar refractivity (Wildman–Crippen MR) is 115 cm³/mol. The van der Waals surface area contributed by atoms with Gasteiger partial charge in [-0.2, -0.15) is 0 Å². The summed E-state index contributed by atoms with van der Waals surface area (Å²) in [5.41, 5.74) is 4.26. The molecule has 3 aromatic rings. The number of nitrogens with zero attached hydrogens (tertiary/aromatic N) is 1. The lowest BCUT2D eigenvalue weighted by Crippen LogP contribution is -2.28. The lowest BCUT2D eigenvalue weighted by Gasteiger charge is -2.26. The topological polar surface area (TPSA) is 49.4 Å². The van der Waals surface area contributed by atoms with Gasteiger partial charge in [0.1, 0.15) is 5.37 Å². The van der Waals surface area contributed by atoms with E-state index in [-0.39, 0.29) is 17.2 Å². The first-order chi connectivity index (χ1) is 13.6. The Labute approximate surface area is 168 Å². The van der Waals surface area contributed by atoms with Gasteiger partial charge in [-0.15, -0.1) is 11.8 Å². The maximum atomic E-state index is 12.6. The third kappa shape index (κ3) is 3.66. The molecule has 1 N–H and O–H groups in total. The molecular weight excluding hydrogens is 368 g/mol. The van der Waals surface area contributed by atoms with Crippen LogP contribution in [0.3, 0.4) is 0 Å². The number of para-hydroxylation sites is 1. The van der Waals surface area contributed by atoms with E-state index in [0.717, 1.165) is 22.5 Å². The molecule has 1 heterocycles. The molecule has 28 heavy (non-hydrogen) atoms. The molecular formula is C23H20N2O2S. The molecule has 0 saturated carbocycles. The molecule has 1 aliphatic heterocycles. The number of aryl methyl sites for hydroxylation is 1. The van der Waals surface area contributed by atoms with Crippen LogP contribution in [0.1, 0.15) is 26.9 Å². The number of carbonyl (C=O) groups is 2. The van der Waals surface area contributed by atoms with E-state index >= 15 is 0 Å². The SMILES string of the molecule is Cc1ccc(N2C(=O)CS[C@H]2c2ccccc2NC(=O)c2ccccc2)cc1. The third-order valence-electron chi connectivity index (χ3n) is 4.69. The maximum Gasteiger partial charge on any atom is 0.255 e. The molecule has 0 radical (unpaired) electrons. The number of hydrogen-bond donors (Lipinski definition) is 1. The number of hydrogen-bond acceptors (Lipinski definition) is 3. The monoisotopic (exact) mass is 388 g/mol. The Bertz CT molecular complexity index is 1000. The molecule has 4 rings (SSSR count). The van der Waals surface area contributed by atoms with Crippen molar-refractivity contribution in [1.82, 2.24) is 0 Å².